The van der Waals surface area contributed by atoms with Gasteiger partial charge in [0.25, 0.3) is 0 Å². The van der Waals surface area contributed by atoms with Crippen LogP contribution in [-0.2, 0) is 9.59 Å². The fourth-order valence-corrected chi connectivity index (χ4v) is 0.915. The van der Waals surface area contributed by atoms with Gasteiger partial charge >= 0.3 is 12.0 Å². The summed E-state index contributed by atoms with van der Waals surface area (Å²) >= 11 is 0. The van der Waals surface area contributed by atoms with Crippen molar-refractivity contribution in [2.75, 3.05) is 13.1 Å². The first-order chi connectivity index (χ1) is 6.02. The smallest absolute Gasteiger partial charge is 0.324 e. The molecule has 4 N–H and O–H groups in total. The first-order valence-corrected chi connectivity index (χ1v) is 3.59. The normalized spacial score (nSPS) is 18.7. The Morgan fingerprint density at radius 3 is 2.69 bits per heavy atom. The highest BCUT2D eigenvalue weighted by Crippen LogP contribution is 1.99. The van der Waals surface area contributed by atoms with Gasteiger partial charge in [-0.1, -0.05) is 0 Å². The summed E-state index contributed by atoms with van der Waals surface area (Å²) in [4.78, 5) is 32.9. The maximum Gasteiger partial charge on any atom is 0.324 e. The predicted octanol–water partition coefficient (Wildman–Crippen LogP) is -2.05. The SMILES string of the molecule is NC(CN1C(=O)CNC1=O)C(=O)O. The molecule has 1 aliphatic heterocycles. The van der Waals surface area contributed by atoms with Crippen LogP contribution in [0.5, 0.6) is 0 Å². The van der Waals surface area contributed by atoms with Gasteiger partial charge in [-0.3, -0.25) is 14.5 Å². The third kappa shape index (κ3) is 1.94. The van der Waals surface area contributed by atoms with Crippen LogP contribution in [0.15, 0.2) is 0 Å². The number of carboxylic acids is 1. The minimum Gasteiger partial charge on any atom is -0.480 e. The van der Waals surface area contributed by atoms with E-state index in [0.29, 0.717) is 0 Å². The Labute approximate surface area is 73.5 Å². The molecule has 0 aromatic heterocycles. The molecule has 1 fully saturated rings. The average Bonchev–Trinajstić information content (AvgIpc) is 2.35. The minimum absolute atomic E-state index is 0.0921. The van der Waals surface area contributed by atoms with Crippen molar-refractivity contribution in [2.45, 2.75) is 6.04 Å². The highest BCUT2D eigenvalue weighted by Gasteiger charge is 2.31. The second kappa shape index (κ2) is 3.40. The summed E-state index contributed by atoms with van der Waals surface area (Å²) in [5, 5.41) is 10.7. The Morgan fingerprint density at radius 2 is 2.31 bits per heavy atom. The minimum atomic E-state index is -1.24. The summed E-state index contributed by atoms with van der Waals surface area (Å²) in [5.41, 5.74) is 5.15. The van der Waals surface area contributed by atoms with Gasteiger partial charge in [0.1, 0.15) is 6.04 Å². The summed E-state index contributed by atoms with van der Waals surface area (Å²) in [6.45, 7) is -0.384. The molecule has 1 saturated heterocycles. The highest BCUT2D eigenvalue weighted by molar-refractivity contribution is 6.02. The number of carboxylic acid groups (broad SMARTS) is 1. The van der Waals surface area contributed by atoms with Crippen molar-refractivity contribution < 1.29 is 19.5 Å². The molecule has 0 aliphatic carbocycles. The molecule has 0 radical (unpaired) electrons. The van der Waals surface area contributed by atoms with Crippen LogP contribution in [0.4, 0.5) is 4.79 Å². The lowest BCUT2D eigenvalue weighted by atomic mass is 10.3. The third-order valence-electron chi connectivity index (χ3n) is 1.63. The number of nitrogens with one attached hydrogen (secondary N) is 1. The number of urea groups is 1. The van der Waals surface area contributed by atoms with Gasteiger partial charge in [0.2, 0.25) is 5.91 Å². The molecule has 0 aromatic rings. The van der Waals surface area contributed by atoms with Crippen molar-refractivity contribution in [2.24, 2.45) is 5.73 Å². The van der Waals surface area contributed by atoms with Gasteiger partial charge in [-0.05, 0) is 0 Å². The van der Waals surface area contributed by atoms with Crippen LogP contribution >= 0.6 is 0 Å². The van der Waals surface area contributed by atoms with E-state index in [1.54, 1.807) is 0 Å². The lowest BCUT2D eigenvalue weighted by Gasteiger charge is -2.14. The standard InChI is InChI=1S/C6H9N3O4/c7-3(5(11)12)2-9-4(10)1-8-6(9)13/h3H,1-2,7H2,(H,8,13)(H,11,12). The molecule has 0 aromatic carbocycles. The summed E-state index contributed by atoms with van der Waals surface area (Å²) < 4.78 is 0. The molecule has 1 atom stereocenters. The van der Waals surface area contributed by atoms with Gasteiger partial charge in [0, 0.05) is 0 Å². The fourth-order valence-electron chi connectivity index (χ4n) is 0.915. The molecule has 1 unspecified atom stereocenters. The third-order valence-corrected chi connectivity index (χ3v) is 1.63. The van der Waals surface area contributed by atoms with Gasteiger partial charge in [0.15, 0.2) is 0 Å². The Hall–Kier alpha value is -1.63. The van der Waals surface area contributed by atoms with Crippen LogP contribution in [0.1, 0.15) is 0 Å². The average molecular weight is 187 g/mol. The van der Waals surface area contributed by atoms with Crippen LogP contribution < -0.4 is 11.1 Å². The Kier molecular flexibility index (Phi) is 2.47. The molecule has 13 heavy (non-hydrogen) atoms. The van der Waals surface area contributed by atoms with Crippen molar-refractivity contribution in [3.05, 3.63) is 0 Å². The van der Waals surface area contributed by atoms with Crippen LogP contribution in [0.25, 0.3) is 0 Å². The van der Waals surface area contributed by atoms with Gasteiger partial charge < -0.3 is 16.2 Å². The number of amides is 3. The van der Waals surface area contributed by atoms with Crippen LogP contribution in [0.3, 0.4) is 0 Å². The maximum atomic E-state index is 10.9. The van der Waals surface area contributed by atoms with E-state index in [2.05, 4.69) is 5.32 Å². The molecule has 0 bridgehead atoms. The second-order valence-corrected chi connectivity index (χ2v) is 2.61. The number of hydrogen-bond donors (Lipinski definition) is 3. The molecular formula is C6H9N3O4. The lowest BCUT2D eigenvalue weighted by Crippen LogP contribution is -2.45. The molecule has 0 spiro atoms. The van der Waals surface area contributed by atoms with E-state index in [-0.39, 0.29) is 13.1 Å². The van der Waals surface area contributed by atoms with Crippen molar-refractivity contribution in [1.82, 2.24) is 10.2 Å². The Balaban J connectivity index is 2.57. The Bertz CT molecular complexity index is 249. The van der Waals surface area contributed by atoms with E-state index in [0.717, 1.165) is 4.90 Å². The van der Waals surface area contributed by atoms with Gasteiger partial charge in [0.05, 0.1) is 13.1 Å². The molecule has 0 saturated carbocycles. The van der Waals surface area contributed by atoms with E-state index >= 15 is 0 Å². The maximum absolute atomic E-state index is 10.9. The topological polar surface area (TPSA) is 113 Å². The summed E-state index contributed by atoms with van der Waals surface area (Å²) in [5.74, 6) is -1.70. The highest BCUT2D eigenvalue weighted by atomic mass is 16.4. The lowest BCUT2D eigenvalue weighted by molar-refractivity contribution is -0.139. The fraction of sp³-hybridized carbons (Fsp3) is 0.500. The van der Waals surface area contributed by atoms with E-state index in [9.17, 15) is 14.4 Å². The van der Waals surface area contributed by atoms with E-state index in [1.807, 2.05) is 0 Å². The molecule has 3 amide bonds. The van der Waals surface area contributed by atoms with E-state index in [1.165, 1.54) is 0 Å². The summed E-state index contributed by atoms with van der Waals surface area (Å²) in [6.07, 6.45) is 0. The van der Waals surface area contributed by atoms with Gasteiger partial charge in [-0.15, -0.1) is 0 Å². The van der Waals surface area contributed by atoms with Crippen LogP contribution in [0.2, 0.25) is 0 Å². The van der Waals surface area contributed by atoms with Crippen molar-refractivity contribution >= 4 is 17.9 Å². The molecule has 72 valence electrons. The second-order valence-electron chi connectivity index (χ2n) is 2.61. The molecule has 1 aliphatic rings. The van der Waals surface area contributed by atoms with Crippen molar-refractivity contribution in [1.29, 1.82) is 0 Å². The van der Waals surface area contributed by atoms with E-state index < -0.39 is 23.9 Å². The molecule has 1 heterocycles. The number of nitrogens with two attached hydrogens (primary N) is 1. The first kappa shape index (κ1) is 9.46. The number of hydrogen-bond acceptors (Lipinski definition) is 4. The number of aliphatic carboxylic acids is 1. The Morgan fingerprint density at radius 1 is 1.69 bits per heavy atom. The van der Waals surface area contributed by atoms with Crippen LogP contribution in [0, 0.1) is 0 Å². The zero-order chi connectivity index (χ0) is 10.0. The largest absolute Gasteiger partial charge is 0.480 e. The quantitative estimate of drug-likeness (QED) is 0.440. The zero-order valence-electron chi connectivity index (χ0n) is 6.69. The molecule has 1 rings (SSSR count). The number of rotatable bonds is 3. The molecule has 7 heteroatoms. The predicted molar refractivity (Wildman–Crippen MR) is 40.7 cm³/mol. The number of carbonyl (C=O) groups excluding carboxylic acids is 2. The number of carbonyl (C=O) groups is 3. The molecular weight excluding hydrogens is 178 g/mol. The summed E-state index contributed by atoms with van der Waals surface area (Å²) in [7, 11) is 0. The molecule has 7 nitrogen and oxygen atoms in total. The monoisotopic (exact) mass is 187 g/mol. The van der Waals surface area contributed by atoms with Crippen molar-refractivity contribution in [3.63, 3.8) is 0 Å². The zero-order valence-corrected chi connectivity index (χ0v) is 6.69. The van der Waals surface area contributed by atoms with Crippen molar-refractivity contribution in [3.8, 4) is 0 Å². The first-order valence-electron chi connectivity index (χ1n) is 3.59. The summed E-state index contributed by atoms with van der Waals surface area (Å²) in [6, 6.07) is -1.82. The number of imide groups is 1. The van der Waals surface area contributed by atoms with Crippen LogP contribution in [-0.4, -0.2) is 47.0 Å². The van der Waals surface area contributed by atoms with Gasteiger partial charge in [-0.25, -0.2) is 4.79 Å². The van der Waals surface area contributed by atoms with E-state index in [4.69, 9.17) is 10.8 Å². The number of nitrogens with zero attached hydrogens (tertiary/aromatic N) is 1. The van der Waals surface area contributed by atoms with Gasteiger partial charge in [-0.2, -0.15) is 0 Å².